The number of nitrogens with two attached hydrogens (primary N) is 1. The van der Waals surface area contributed by atoms with Gasteiger partial charge in [-0.1, -0.05) is 60.1 Å². The molecule has 1 atom stereocenters. The molecule has 0 spiro atoms. The number of carbonyl (C=O) groups is 1. The highest BCUT2D eigenvalue weighted by molar-refractivity contribution is 6.30. The molecule has 4 heteroatoms. The molecule has 0 radical (unpaired) electrons. The molecule has 0 saturated heterocycles. The van der Waals surface area contributed by atoms with Crippen LogP contribution in [0.3, 0.4) is 0 Å². The van der Waals surface area contributed by atoms with Crippen molar-refractivity contribution in [3.05, 3.63) is 76.8 Å². The molecule has 2 N–H and O–H groups in total. The summed E-state index contributed by atoms with van der Waals surface area (Å²) in [6, 6.07) is 17.6. The molecule has 1 heterocycles. The lowest BCUT2D eigenvalue weighted by atomic mass is 9.95. The molecular formula is C20H21ClN2O. The van der Waals surface area contributed by atoms with Crippen molar-refractivity contribution in [2.75, 3.05) is 19.6 Å². The molecule has 3 nitrogen and oxygen atoms in total. The topological polar surface area (TPSA) is 46.3 Å². The van der Waals surface area contributed by atoms with Gasteiger partial charge in [0.05, 0.1) is 5.92 Å². The molecule has 0 saturated carbocycles. The van der Waals surface area contributed by atoms with E-state index in [-0.39, 0.29) is 11.8 Å². The molecular weight excluding hydrogens is 320 g/mol. The lowest BCUT2D eigenvalue weighted by Crippen LogP contribution is -2.40. The molecule has 1 aliphatic heterocycles. The average molecular weight is 341 g/mol. The number of rotatable bonds is 4. The number of nitrogens with zero attached hydrogens (tertiary/aromatic N) is 1. The Bertz CT molecular complexity index is 725. The smallest absolute Gasteiger partial charge is 0.231 e. The van der Waals surface area contributed by atoms with E-state index < -0.39 is 0 Å². The van der Waals surface area contributed by atoms with Crippen molar-refractivity contribution in [2.45, 2.75) is 12.3 Å². The third-order valence-electron chi connectivity index (χ3n) is 4.47. The third-order valence-corrected chi connectivity index (χ3v) is 4.72. The number of amides is 1. The summed E-state index contributed by atoms with van der Waals surface area (Å²) in [6.07, 6.45) is 2.97. The Morgan fingerprint density at radius 2 is 1.83 bits per heavy atom. The highest BCUT2D eigenvalue weighted by atomic mass is 35.5. The van der Waals surface area contributed by atoms with Crippen molar-refractivity contribution in [1.82, 2.24) is 4.90 Å². The van der Waals surface area contributed by atoms with Gasteiger partial charge in [0.15, 0.2) is 0 Å². The third kappa shape index (κ3) is 3.69. The molecule has 3 rings (SSSR count). The molecule has 24 heavy (non-hydrogen) atoms. The number of halogens is 1. The van der Waals surface area contributed by atoms with E-state index >= 15 is 0 Å². The van der Waals surface area contributed by atoms with E-state index in [0.29, 0.717) is 13.1 Å². The van der Waals surface area contributed by atoms with Crippen LogP contribution in [0.15, 0.2) is 60.7 Å². The zero-order valence-electron chi connectivity index (χ0n) is 13.5. The summed E-state index contributed by atoms with van der Waals surface area (Å²) in [5.74, 6) is -0.160. The van der Waals surface area contributed by atoms with Gasteiger partial charge in [-0.3, -0.25) is 4.79 Å². The lowest BCUT2D eigenvalue weighted by molar-refractivity contribution is -0.132. The molecule has 124 valence electrons. The van der Waals surface area contributed by atoms with Crippen LogP contribution in [0.2, 0.25) is 5.02 Å². The van der Waals surface area contributed by atoms with Crippen molar-refractivity contribution in [1.29, 1.82) is 0 Å². The quantitative estimate of drug-likeness (QED) is 0.922. The first-order chi connectivity index (χ1) is 11.7. The molecule has 1 amide bonds. The summed E-state index contributed by atoms with van der Waals surface area (Å²) < 4.78 is 0. The van der Waals surface area contributed by atoms with Crippen molar-refractivity contribution in [3.63, 3.8) is 0 Å². The van der Waals surface area contributed by atoms with E-state index in [9.17, 15) is 4.79 Å². The minimum absolute atomic E-state index is 0.107. The first-order valence-electron chi connectivity index (χ1n) is 8.18. The van der Waals surface area contributed by atoms with Gasteiger partial charge in [0, 0.05) is 24.7 Å². The summed E-state index contributed by atoms with van der Waals surface area (Å²) in [6.45, 7) is 1.67. The van der Waals surface area contributed by atoms with E-state index in [4.69, 9.17) is 17.3 Å². The molecule has 2 aromatic rings. The zero-order chi connectivity index (χ0) is 16.9. The van der Waals surface area contributed by atoms with E-state index in [1.807, 2.05) is 59.5 Å². The Morgan fingerprint density at radius 3 is 2.42 bits per heavy atom. The fraction of sp³-hybridized carbons (Fsp3) is 0.250. The minimum atomic E-state index is -0.267. The van der Waals surface area contributed by atoms with Gasteiger partial charge in [-0.05, 0) is 35.3 Å². The van der Waals surface area contributed by atoms with Crippen LogP contribution < -0.4 is 5.73 Å². The molecule has 0 aliphatic carbocycles. The van der Waals surface area contributed by atoms with Crippen LogP contribution in [0, 0.1) is 0 Å². The molecule has 1 aliphatic rings. The Hall–Kier alpha value is -2.10. The van der Waals surface area contributed by atoms with Crippen LogP contribution in [-0.4, -0.2) is 30.4 Å². The van der Waals surface area contributed by atoms with Crippen LogP contribution >= 0.6 is 11.6 Å². The van der Waals surface area contributed by atoms with E-state index in [0.717, 1.165) is 23.6 Å². The van der Waals surface area contributed by atoms with Gasteiger partial charge in [0.1, 0.15) is 0 Å². The Kier molecular flexibility index (Phi) is 5.34. The molecule has 0 fully saturated rings. The van der Waals surface area contributed by atoms with Crippen molar-refractivity contribution < 1.29 is 4.79 Å². The van der Waals surface area contributed by atoms with Crippen LogP contribution in [0.25, 0.3) is 5.57 Å². The second-order valence-corrected chi connectivity index (χ2v) is 6.41. The number of hydrogen-bond donors (Lipinski definition) is 1. The summed E-state index contributed by atoms with van der Waals surface area (Å²) >= 11 is 5.94. The number of carbonyl (C=O) groups excluding carboxylic acids is 1. The Balaban J connectivity index is 1.71. The van der Waals surface area contributed by atoms with Crippen molar-refractivity contribution in [3.8, 4) is 0 Å². The highest BCUT2D eigenvalue weighted by Gasteiger charge is 2.26. The van der Waals surface area contributed by atoms with Crippen LogP contribution in [-0.2, 0) is 4.79 Å². The maximum Gasteiger partial charge on any atom is 0.231 e. The molecule has 2 aromatic carbocycles. The van der Waals surface area contributed by atoms with Crippen molar-refractivity contribution in [2.24, 2.45) is 5.73 Å². The molecule has 0 aromatic heterocycles. The lowest BCUT2D eigenvalue weighted by Gasteiger charge is -2.30. The second-order valence-electron chi connectivity index (χ2n) is 5.97. The fourth-order valence-corrected chi connectivity index (χ4v) is 3.21. The monoisotopic (exact) mass is 340 g/mol. The fourth-order valence-electron chi connectivity index (χ4n) is 3.08. The maximum atomic E-state index is 12.8. The van der Waals surface area contributed by atoms with Crippen LogP contribution in [0.1, 0.15) is 23.5 Å². The van der Waals surface area contributed by atoms with Gasteiger partial charge < -0.3 is 10.6 Å². The van der Waals surface area contributed by atoms with Gasteiger partial charge in [0.2, 0.25) is 5.91 Å². The molecule has 0 bridgehead atoms. The first-order valence-corrected chi connectivity index (χ1v) is 8.55. The van der Waals surface area contributed by atoms with E-state index in [2.05, 4.69) is 6.08 Å². The van der Waals surface area contributed by atoms with E-state index in [1.54, 1.807) is 0 Å². The second kappa shape index (κ2) is 7.65. The maximum absolute atomic E-state index is 12.8. The van der Waals surface area contributed by atoms with Gasteiger partial charge >= 0.3 is 0 Å². The van der Waals surface area contributed by atoms with E-state index in [1.165, 1.54) is 11.1 Å². The molecule has 1 unspecified atom stereocenters. The Labute approximate surface area is 147 Å². The number of hydrogen-bond acceptors (Lipinski definition) is 2. The zero-order valence-corrected chi connectivity index (χ0v) is 14.2. The minimum Gasteiger partial charge on any atom is -0.338 e. The summed E-state index contributed by atoms with van der Waals surface area (Å²) in [7, 11) is 0. The average Bonchev–Trinajstić information content (AvgIpc) is 2.64. The van der Waals surface area contributed by atoms with Gasteiger partial charge in [0.25, 0.3) is 0 Å². The summed E-state index contributed by atoms with van der Waals surface area (Å²) in [5, 5.41) is 0.737. The van der Waals surface area contributed by atoms with Gasteiger partial charge in [-0.2, -0.15) is 0 Å². The Morgan fingerprint density at radius 1 is 1.12 bits per heavy atom. The predicted octanol–water partition coefficient (Wildman–Crippen LogP) is 3.70. The van der Waals surface area contributed by atoms with Crippen LogP contribution in [0.4, 0.5) is 0 Å². The predicted molar refractivity (Wildman–Crippen MR) is 98.9 cm³/mol. The van der Waals surface area contributed by atoms with Crippen LogP contribution in [0.5, 0.6) is 0 Å². The summed E-state index contributed by atoms with van der Waals surface area (Å²) in [4.78, 5) is 14.7. The largest absolute Gasteiger partial charge is 0.338 e. The van der Waals surface area contributed by atoms with Crippen molar-refractivity contribution >= 4 is 23.1 Å². The van der Waals surface area contributed by atoms with Gasteiger partial charge in [-0.15, -0.1) is 0 Å². The highest BCUT2D eigenvalue weighted by Crippen LogP contribution is 2.26. The standard InChI is InChI=1S/C20H21ClN2O/c21-18-8-6-15(7-9-18)16-10-12-23(13-11-16)20(24)19(14-22)17-4-2-1-3-5-17/h1-10,19H,11-14,22H2. The van der Waals surface area contributed by atoms with Gasteiger partial charge in [-0.25, -0.2) is 0 Å². The number of benzene rings is 2. The SMILES string of the molecule is NCC(C(=O)N1CC=C(c2ccc(Cl)cc2)CC1)c1ccccc1. The summed E-state index contributed by atoms with van der Waals surface area (Å²) in [5.41, 5.74) is 9.29. The first kappa shape index (κ1) is 16.7. The normalized spacial score (nSPS) is 15.8.